The normalized spacial score (nSPS) is 15.3. The summed E-state index contributed by atoms with van der Waals surface area (Å²) >= 11 is 0. The Morgan fingerprint density at radius 3 is 2.75 bits per heavy atom. The maximum atomic E-state index is 11.0. The number of nitrogen functional groups attached to an aromatic ring is 1. The molecule has 0 heterocycles. The zero-order valence-electron chi connectivity index (χ0n) is 9.23. The van der Waals surface area contributed by atoms with Gasteiger partial charge in [-0.15, -0.1) is 0 Å². The smallest absolute Gasteiger partial charge is 0.231 e. The Labute approximate surface area is 95.2 Å². The summed E-state index contributed by atoms with van der Waals surface area (Å²) in [5.74, 6) is -0.268. The third kappa shape index (κ3) is 2.97. The summed E-state index contributed by atoms with van der Waals surface area (Å²) in [5.41, 5.74) is 12.8. The van der Waals surface area contributed by atoms with E-state index in [0.717, 1.165) is 30.6 Å². The largest absolute Gasteiger partial charge is 0.399 e. The van der Waals surface area contributed by atoms with Gasteiger partial charge in [0.2, 0.25) is 5.91 Å². The molecule has 1 aromatic carbocycles. The minimum absolute atomic E-state index is 0.268. The molecule has 0 aromatic heterocycles. The molecule has 1 aliphatic rings. The van der Waals surface area contributed by atoms with Crippen LogP contribution < -0.4 is 11.5 Å². The highest BCUT2D eigenvalue weighted by atomic mass is 16.1. The Bertz CT molecular complexity index is 388. The highest BCUT2D eigenvalue weighted by Crippen LogP contribution is 2.28. The Morgan fingerprint density at radius 2 is 2.19 bits per heavy atom. The monoisotopic (exact) mass is 219 g/mol. The molecular formula is C12H17N3O. The van der Waals surface area contributed by atoms with E-state index in [-0.39, 0.29) is 5.91 Å². The van der Waals surface area contributed by atoms with Crippen molar-refractivity contribution in [2.45, 2.75) is 25.4 Å². The fourth-order valence-corrected chi connectivity index (χ4v) is 1.88. The van der Waals surface area contributed by atoms with Gasteiger partial charge in [-0.3, -0.25) is 9.69 Å². The molecule has 0 unspecified atom stereocenters. The number of anilines is 1. The molecule has 1 aromatic rings. The third-order valence-electron chi connectivity index (χ3n) is 2.76. The van der Waals surface area contributed by atoms with Gasteiger partial charge < -0.3 is 11.5 Å². The van der Waals surface area contributed by atoms with Crippen LogP contribution in [0.25, 0.3) is 0 Å². The van der Waals surface area contributed by atoms with E-state index >= 15 is 0 Å². The molecule has 16 heavy (non-hydrogen) atoms. The van der Waals surface area contributed by atoms with Gasteiger partial charge in [0.25, 0.3) is 0 Å². The van der Waals surface area contributed by atoms with Crippen LogP contribution in [0, 0.1) is 0 Å². The molecule has 4 N–H and O–H groups in total. The minimum Gasteiger partial charge on any atom is -0.399 e. The molecule has 0 spiro atoms. The van der Waals surface area contributed by atoms with Crippen LogP contribution >= 0.6 is 0 Å². The van der Waals surface area contributed by atoms with E-state index in [1.54, 1.807) is 0 Å². The summed E-state index contributed by atoms with van der Waals surface area (Å²) in [6, 6.07) is 8.27. The lowest BCUT2D eigenvalue weighted by Crippen LogP contribution is -2.34. The quantitative estimate of drug-likeness (QED) is 0.717. The van der Waals surface area contributed by atoms with Crippen molar-refractivity contribution in [1.29, 1.82) is 0 Å². The van der Waals surface area contributed by atoms with Gasteiger partial charge in [0, 0.05) is 18.3 Å². The van der Waals surface area contributed by atoms with Gasteiger partial charge in [-0.1, -0.05) is 12.1 Å². The molecule has 0 radical (unpaired) electrons. The van der Waals surface area contributed by atoms with Crippen molar-refractivity contribution in [3.63, 3.8) is 0 Å². The second-order valence-electron chi connectivity index (χ2n) is 4.35. The summed E-state index contributed by atoms with van der Waals surface area (Å²) in [6.07, 6.45) is 2.32. The topological polar surface area (TPSA) is 72.4 Å². The van der Waals surface area contributed by atoms with Crippen LogP contribution in [-0.4, -0.2) is 23.4 Å². The van der Waals surface area contributed by atoms with Crippen molar-refractivity contribution in [3.8, 4) is 0 Å². The van der Waals surface area contributed by atoms with Gasteiger partial charge >= 0.3 is 0 Å². The molecular weight excluding hydrogens is 202 g/mol. The zero-order valence-corrected chi connectivity index (χ0v) is 9.23. The van der Waals surface area contributed by atoms with Crippen molar-refractivity contribution >= 4 is 11.6 Å². The van der Waals surface area contributed by atoms with Crippen molar-refractivity contribution in [2.24, 2.45) is 5.73 Å². The van der Waals surface area contributed by atoms with Crippen LogP contribution in [0.15, 0.2) is 24.3 Å². The number of carbonyl (C=O) groups excluding carboxylic acids is 1. The van der Waals surface area contributed by atoms with Gasteiger partial charge in [0.05, 0.1) is 6.54 Å². The molecule has 1 aliphatic carbocycles. The van der Waals surface area contributed by atoms with Crippen LogP contribution in [0.4, 0.5) is 5.69 Å². The second-order valence-corrected chi connectivity index (χ2v) is 4.35. The van der Waals surface area contributed by atoms with Gasteiger partial charge in [0.1, 0.15) is 0 Å². The fourth-order valence-electron chi connectivity index (χ4n) is 1.88. The van der Waals surface area contributed by atoms with Gasteiger partial charge in [0.15, 0.2) is 0 Å². The van der Waals surface area contributed by atoms with Crippen LogP contribution in [0.3, 0.4) is 0 Å². The maximum absolute atomic E-state index is 11.0. The van der Waals surface area contributed by atoms with Gasteiger partial charge in [-0.25, -0.2) is 0 Å². The number of hydrogen-bond donors (Lipinski definition) is 2. The first-order valence-corrected chi connectivity index (χ1v) is 5.52. The van der Waals surface area contributed by atoms with E-state index in [0.29, 0.717) is 12.6 Å². The molecule has 4 heteroatoms. The Morgan fingerprint density at radius 1 is 1.44 bits per heavy atom. The summed E-state index contributed by atoms with van der Waals surface area (Å²) in [7, 11) is 0. The van der Waals surface area contributed by atoms with Crippen molar-refractivity contribution < 1.29 is 4.79 Å². The highest BCUT2D eigenvalue weighted by Gasteiger charge is 2.29. The average Bonchev–Trinajstić information content (AvgIpc) is 2.99. The van der Waals surface area contributed by atoms with Crippen molar-refractivity contribution in [2.75, 3.05) is 12.3 Å². The summed E-state index contributed by atoms with van der Waals surface area (Å²) < 4.78 is 0. The lowest BCUT2D eigenvalue weighted by atomic mass is 10.2. The van der Waals surface area contributed by atoms with Crippen LogP contribution in [0.2, 0.25) is 0 Å². The van der Waals surface area contributed by atoms with E-state index in [1.165, 1.54) is 0 Å². The molecule has 1 fully saturated rings. The van der Waals surface area contributed by atoms with Crippen LogP contribution in [0.5, 0.6) is 0 Å². The number of nitrogens with zero attached hydrogens (tertiary/aromatic N) is 1. The molecule has 0 bridgehead atoms. The zero-order chi connectivity index (χ0) is 11.5. The molecule has 2 rings (SSSR count). The van der Waals surface area contributed by atoms with Crippen molar-refractivity contribution in [1.82, 2.24) is 4.90 Å². The highest BCUT2D eigenvalue weighted by molar-refractivity contribution is 5.76. The summed E-state index contributed by atoms with van der Waals surface area (Å²) in [4.78, 5) is 13.1. The molecule has 0 saturated heterocycles. The number of primary amides is 1. The predicted molar refractivity (Wildman–Crippen MR) is 63.5 cm³/mol. The molecule has 4 nitrogen and oxygen atoms in total. The number of amides is 1. The average molecular weight is 219 g/mol. The first kappa shape index (κ1) is 11.0. The first-order valence-electron chi connectivity index (χ1n) is 5.52. The molecule has 86 valence electrons. The fraction of sp³-hybridized carbons (Fsp3) is 0.417. The Balaban J connectivity index is 2.02. The van der Waals surface area contributed by atoms with Crippen LogP contribution in [0.1, 0.15) is 18.4 Å². The lowest BCUT2D eigenvalue weighted by Gasteiger charge is -2.20. The van der Waals surface area contributed by atoms with E-state index in [9.17, 15) is 4.79 Å². The minimum atomic E-state index is -0.268. The number of nitrogens with two attached hydrogens (primary N) is 2. The number of rotatable bonds is 5. The molecule has 0 atom stereocenters. The number of carbonyl (C=O) groups is 1. The second kappa shape index (κ2) is 4.53. The van der Waals surface area contributed by atoms with Crippen LogP contribution in [-0.2, 0) is 11.3 Å². The first-order chi connectivity index (χ1) is 7.65. The van der Waals surface area contributed by atoms with Gasteiger partial charge in [-0.2, -0.15) is 0 Å². The van der Waals surface area contributed by atoms with E-state index in [1.807, 2.05) is 24.3 Å². The summed E-state index contributed by atoms with van der Waals surface area (Å²) in [6.45, 7) is 1.08. The van der Waals surface area contributed by atoms with Gasteiger partial charge in [-0.05, 0) is 30.5 Å². The van der Waals surface area contributed by atoms with E-state index < -0.39 is 0 Å². The standard InChI is InChI=1S/C12H17N3O/c13-10-3-1-2-9(6-10)7-15(8-12(14)16)11-4-5-11/h1-3,6,11H,4-5,7-8,13H2,(H2,14,16). The van der Waals surface area contributed by atoms with E-state index in [2.05, 4.69) is 4.90 Å². The third-order valence-corrected chi connectivity index (χ3v) is 2.76. The Kier molecular flexibility index (Phi) is 3.10. The number of hydrogen-bond acceptors (Lipinski definition) is 3. The molecule has 1 saturated carbocycles. The summed E-state index contributed by atoms with van der Waals surface area (Å²) in [5, 5.41) is 0. The maximum Gasteiger partial charge on any atom is 0.231 e. The number of benzene rings is 1. The Hall–Kier alpha value is -1.55. The molecule has 0 aliphatic heterocycles. The van der Waals surface area contributed by atoms with Crippen molar-refractivity contribution in [3.05, 3.63) is 29.8 Å². The SMILES string of the molecule is NC(=O)CN(Cc1cccc(N)c1)C1CC1. The predicted octanol–water partition coefficient (Wildman–Crippen LogP) is 0.718. The van der Waals surface area contributed by atoms with E-state index in [4.69, 9.17) is 11.5 Å². The molecule has 1 amide bonds. The lowest BCUT2D eigenvalue weighted by molar-refractivity contribution is -0.119.